The number of carbonyl (C=O) groups is 2. The number of rotatable bonds is 2. The molecule has 21 heavy (non-hydrogen) atoms. The number of hydrogen-bond acceptors (Lipinski definition) is 2. The molecule has 1 aliphatic heterocycles. The fourth-order valence-corrected chi connectivity index (χ4v) is 2.97. The Morgan fingerprint density at radius 3 is 2.76 bits per heavy atom. The van der Waals surface area contributed by atoms with Crippen molar-refractivity contribution in [1.82, 2.24) is 9.88 Å². The number of fused-ring (bicyclic) bond motifs is 1. The van der Waals surface area contributed by atoms with Crippen LogP contribution >= 0.6 is 0 Å². The van der Waals surface area contributed by atoms with Crippen molar-refractivity contribution >= 4 is 22.7 Å². The largest absolute Gasteiger partial charge is 0.369 e. The van der Waals surface area contributed by atoms with Crippen LogP contribution in [0.15, 0.2) is 30.3 Å². The Hall–Kier alpha value is -2.30. The van der Waals surface area contributed by atoms with Crippen molar-refractivity contribution in [3.63, 3.8) is 0 Å². The number of piperidine rings is 1. The van der Waals surface area contributed by atoms with Crippen molar-refractivity contribution in [1.29, 1.82) is 0 Å². The maximum absolute atomic E-state index is 12.7. The molecule has 0 bridgehead atoms. The summed E-state index contributed by atoms with van der Waals surface area (Å²) in [6.07, 6.45) is 1.56. The van der Waals surface area contributed by atoms with E-state index < -0.39 is 0 Å². The standard InChI is InChI=1S/C16H19N3O2/c1-10-6-7-12(15(17)20)9-19(10)16(21)14-8-11-4-2-3-5-13(11)18-14/h2-5,8,10,12,18H,6-7,9H2,1H3,(H2,17,20)/t10-,12+/m0/s1. The van der Waals surface area contributed by atoms with Crippen LogP contribution in [0.4, 0.5) is 0 Å². The Bertz CT molecular complexity index is 659. The third-order valence-electron chi connectivity index (χ3n) is 4.31. The minimum atomic E-state index is -0.323. The highest BCUT2D eigenvalue weighted by atomic mass is 16.2. The molecule has 2 amide bonds. The molecule has 2 atom stereocenters. The van der Waals surface area contributed by atoms with Gasteiger partial charge in [-0.15, -0.1) is 0 Å². The van der Waals surface area contributed by atoms with Crippen LogP contribution in [0.2, 0.25) is 0 Å². The van der Waals surface area contributed by atoms with Crippen molar-refractivity contribution in [2.75, 3.05) is 6.54 Å². The Labute approximate surface area is 123 Å². The number of likely N-dealkylation sites (tertiary alicyclic amines) is 1. The summed E-state index contributed by atoms with van der Waals surface area (Å²) in [4.78, 5) is 29.0. The van der Waals surface area contributed by atoms with Gasteiger partial charge in [0.15, 0.2) is 0 Å². The summed E-state index contributed by atoms with van der Waals surface area (Å²) in [5, 5.41) is 1.01. The molecule has 1 saturated heterocycles. The van der Waals surface area contributed by atoms with Gasteiger partial charge in [-0.05, 0) is 31.9 Å². The maximum atomic E-state index is 12.7. The molecule has 110 valence electrons. The number of aromatic amines is 1. The van der Waals surface area contributed by atoms with E-state index in [0.29, 0.717) is 12.2 Å². The van der Waals surface area contributed by atoms with Crippen LogP contribution in [0.1, 0.15) is 30.3 Å². The van der Waals surface area contributed by atoms with Crippen LogP contribution in [0.5, 0.6) is 0 Å². The van der Waals surface area contributed by atoms with Crippen molar-refractivity contribution in [3.8, 4) is 0 Å². The predicted octanol–water partition coefficient (Wildman–Crippen LogP) is 1.89. The first-order valence-corrected chi connectivity index (χ1v) is 7.24. The zero-order valence-electron chi connectivity index (χ0n) is 12.0. The zero-order chi connectivity index (χ0) is 15.0. The fourth-order valence-electron chi connectivity index (χ4n) is 2.97. The highest BCUT2D eigenvalue weighted by molar-refractivity contribution is 5.98. The van der Waals surface area contributed by atoms with Gasteiger partial charge in [-0.3, -0.25) is 9.59 Å². The summed E-state index contributed by atoms with van der Waals surface area (Å²) < 4.78 is 0. The minimum absolute atomic E-state index is 0.0651. The van der Waals surface area contributed by atoms with E-state index >= 15 is 0 Å². The number of aromatic nitrogens is 1. The van der Waals surface area contributed by atoms with E-state index in [-0.39, 0.29) is 23.8 Å². The number of nitrogens with one attached hydrogen (secondary N) is 1. The summed E-state index contributed by atoms with van der Waals surface area (Å²) in [7, 11) is 0. The van der Waals surface area contributed by atoms with Gasteiger partial charge in [0, 0.05) is 23.5 Å². The number of nitrogens with zero attached hydrogens (tertiary/aromatic N) is 1. The molecule has 0 spiro atoms. The average molecular weight is 285 g/mol. The minimum Gasteiger partial charge on any atom is -0.369 e. The van der Waals surface area contributed by atoms with Crippen molar-refractivity contribution < 1.29 is 9.59 Å². The molecular weight excluding hydrogens is 266 g/mol. The molecule has 1 aromatic heterocycles. The molecule has 5 heteroatoms. The van der Waals surface area contributed by atoms with Gasteiger partial charge in [0.2, 0.25) is 5.91 Å². The third kappa shape index (κ3) is 2.51. The van der Waals surface area contributed by atoms with Gasteiger partial charge in [-0.2, -0.15) is 0 Å². The van der Waals surface area contributed by atoms with E-state index in [1.54, 1.807) is 4.90 Å². The van der Waals surface area contributed by atoms with E-state index in [4.69, 9.17) is 5.73 Å². The molecule has 2 heterocycles. The lowest BCUT2D eigenvalue weighted by Gasteiger charge is -2.36. The lowest BCUT2D eigenvalue weighted by atomic mass is 9.92. The number of nitrogens with two attached hydrogens (primary N) is 1. The van der Waals surface area contributed by atoms with Crippen LogP contribution in [-0.4, -0.2) is 34.3 Å². The number of para-hydroxylation sites is 1. The second-order valence-electron chi connectivity index (χ2n) is 5.75. The highest BCUT2D eigenvalue weighted by Crippen LogP contribution is 2.24. The van der Waals surface area contributed by atoms with Gasteiger partial charge in [0.1, 0.15) is 5.69 Å². The molecule has 2 aromatic rings. The Kier molecular flexibility index (Phi) is 3.41. The molecule has 3 N–H and O–H groups in total. The lowest BCUT2D eigenvalue weighted by molar-refractivity contribution is -0.123. The summed E-state index contributed by atoms with van der Waals surface area (Å²) in [6.45, 7) is 2.42. The van der Waals surface area contributed by atoms with Crippen LogP contribution in [0.25, 0.3) is 10.9 Å². The molecule has 1 aliphatic rings. The first kappa shape index (κ1) is 13.7. The lowest BCUT2D eigenvalue weighted by Crippen LogP contribution is -2.48. The number of benzene rings is 1. The molecule has 1 aromatic carbocycles. The quantitative estimate of drug-likeness (QED) is 0.883. The topological polar surface area (TPSA) is 79.2 Å². The molecule has 1 fully saturated rings. The SMILES string of the molecule is C[C@H]1CC[C@@H](C(N)=O)CN1C(=O)c1cc2ccccc2[nH]1. The molecule has 3 rings (SSSR count). The van der Waals surface area contributed by atoms with E-state index in [1.165, 1.54) is 0 Å². The number of hydrogen-bond donors (Lipinski definition) is 2. The highest BCUT2D eigenvalue weighted by Gasteiger charge is 2.32. The van der Waals surface area contributed by atoms with Crippen molar-refractivity contribution in [3.05, 3.63) is 36.0 Å². The normalized spacial score (nSPS) is 22.4. The van der Waals surface area contributed by atoms with Gasteiger partial charge in [-0.25, -0.2) is 0 Å². The number of amides is 2. The van der Waals surface area contributed by atoms with E-state index in [0.717, 1.165) is 23.7 Å². The fraction of sp³-hybridized carbons (Fsp3) is 0.375. The van der Waals surface area contributed by atoms with Crippen LogP contribution in [-0.2, 0) is 4.79 Å². The second kappa shape index (κ2) is 5.24. The van der Waals surface area contributed by atoms with E-state index in [9.17, 15) is 9.59 Å². The van der Waals surface area contributed by atoms with Crippen LogP contribution in [0.3, 0.4) is 0 Å². The molecule has 0 aliphatic carbocycles. The van der Waals surface area contributed by atoms with Gasteiger partial charge < -0.3 is 15.6 Å². The van der Waals surface area contributed by atoms with Gasteiger partial charge in [0.05, 0.1) is 5.92 Å². The Balaban J connectivity index is 1.87. The summed E-state index contributed by atoms with van der Waals surface area (Å²) in [6, 6.07) is 9.76. The summed E-state index contributed by atoms with van der Waals surface area (Å²) >= 11 is 0. The van der Waals surface area contributed by atoms with E-state index in [2.05, 4.69) is 4.98 Å². The molecule has 0 unspecified atom stereocenters. The smallest absolute Gasteiger partial charge is 0.270 e. The van der Waals surface area contributed by atoms with Gasteiger partial charge in [-0.1, -0.05) is 18.2 Å². The Morgan fingerprint density at radius 2 is 2.05 bits per heavy atom. The first-order valence-electron chi connectivity index (χ1n) is 7.24. The summed E-state index contributed by atoms with van der Waals surface area (Å²) in [5.74, 6) is -0.629. The third-order valence-corrected chi connectivity index (χ3v) is 4.31. The van der Waals surface area contributed by atoms with Crippen molar-refractivity contribution in [2.24, 2.45) is 11.7 Å². The number of H-pyrrole nitrogens is 1. The average Bonchev–Trinajstić information content (AvgIpc) is 2.90. The van der Waals surface area contributed by atoms with Crippen LogP contribution in [0, 0.1) is 5.92 Å². The number of primary amides is 1. The molecule has 0 radical (unpaired) electrons. The van der Waals surface area contributed by atoms with Gasteiger partial charge >= 0.3 is 0 Å². The summed E-state index contributed by atoms with van der Waals surface area (Å²) in [5.41, 5.74) is 6.90. The van der Waals surface area contributed by atoms with Crippen LogP contribution < -0.4 is 5.73 Å². The monoisotopic (exact) mass is 285 g/mol. The second-order valence-corrected chi connectivity index (χ2v) is 5.75. The zero-order valence-corrected chi connectivity index (χ0v) is 12.0. The van der Waals surface area contributed by atoms with Crippen molar-refractivity contribution in [2.45, 2.75) is 25.8 Å². The predicted molar refractivity (Wildman–Crippen MR) is 80.7 cm³/mol. The van der Waals surface area contributed by atoms with E-state index in [1.807, 2.05) is 37.3 Å². The maximum Gasteiger partial charge on any atom is 0.270 e. The molecular formula is C16H19N3O2. The Morgan fingerprint density at radius 1 is 1.29 bits per heavy atom. The van der Waals surface area contributed by atoms with Gasteiger partial charge in [0.25, 0.3) is 5.91 Å². The first-order chi connectivity index (χ1) is 10.1. The number of carbonyl (C=O) groups excluding carboxylic acids is 2. The molecule has 0 saturated carbocycles. The molecule has 5 nitrogen and oxygen atoms in total.